The molecule has 0 aliphatic carbocycles. The van der Waals surface area contributed by atoms with E-state index in [4.69, 9.17) is 14.2 Å². The summed E-state index contributed by atoms with van der Waals surface area (Å²) in [5.41, 5.74) is -0.915. The number of amides is 1. The molecule has 2 N–H and O–H groups in total. The first kappa shape index (κ1) is 24.1. The summed E-state index contributed by atoms with van der Waals surface area (Å²) >= 11 is 0. The van der Waals surface area contributed by atoms with Gasteiger partial charge in [-0.1, -0.05) is 13.8 Å². The maximum atomic E-state index is 11.8. The fraction of sp³-hybridized carbons (Fsp3) is 0.905. The first-order valence-electron chi connectivity index (χ1n) is 10.4. The van der Waals surface area contributed by atoms with Crippen LogP contribution in [-0.2, 0) is 23.8 Å². The van der Waals surface area contributed by atoms with E-state index < -0.39 is 17.4 Å². The molecular formula is C21H38N2O6. The van der Waals surface area contributed by atoms with Gasteiger partial charge in [-0.05, 0) is 52.4 Å². The number of piperidine rings is 1. The Bertz CT molecular complexity index is 588. The van der Waals surface area contributed by atoms with E-state index in [0.29, 0.717) is 12.8 Å². The Morgan fingerprint density at radius 2 is 1.66 bits per heavy atom. The summed E-state index contributed by atoms with van der Waals surface area (Å²) in [5, 5.41) is 14.9. The lowest BCUT2D eigenvalue weighted by atomic mass is 9.79. The van der Waals surface area contributed by atoms with Crippen molar-refractivity contribution in [3.63, 3.8) is 0 Å². The molecular weight excluding hydrogens is 376 g/mol. The van der Waals surface area contributed by atoms with E-state index >= 15 is 0 Å². The SMILES string of the molecule is CC(=O)NC1C(OC2CC(C)(C)N(O)C(C)(C)C2)OC(COC(C)=O)C(C)C1C. The van der Waals surface area contributed by atoms with Crippen LogP contribution >= 0.6 is 0 Å². The lowest BCUT2D eigenvalue weighted by molar-refractivity contribution is -0.300. The Hall–Kier alpha value is -1.22. The molecule has 2 rings (SSSR count). The topological polar surface area (TPSA) is 97.3 Å². The van der Waals surface area contributed by atoms with Gasteiger partial charge >= 0.3 is 5.97 Å². The van der Waals surface area contributed by atoms with E-state index in [1.807, 2.05) is 34.6 Å². The molecule has 2 aliphatic rings. The molecule has 2 heterocycles. The molecule has 8 heteroatoms. The lowest BCUT2D eigenvalue weighted by Gasteiger charge is -2.52. The normalized spacial score (nSPS) is 35.1. The average molecular weight is 415 g/mol. The van der Waals surface area contributed by atoms with Gasteiger partial charge in [0.1, 0.15) is 6.61 Å². The average Bonchev–Trinajstić information content (AvgIpc) is 2.57. The van der Waals surface area contributed by atoms with Gasteiger partial charge in [0.25, 0.3) is 0 Å². The molecule has 0 saturated carbocycles. The Labute approximate surface area is 174 Å². The first-order valence-corrected chi connectivity index (χ1v) is 10.4. The molecule has 0 spiro atoms. The molecule has 0 aromatic heterocycles. The minimum Gasteiger partial charge on any atom is -0.463 e. The molecule has 0 radical (unpaired) electrons. The quantitative estimate of drug-likeness (QED) is 0.667. The van der Waals surface area contributed by atoms with E-state index in [9.17, 15) is 14.8 Å². The molecule has 0 aromatic carbocycles. The Morgan fingerprint density at radius 1 is 1.10 bits per heavy atom. The first-order chi connectivity index (χ1) is 13.2. The van der Waals surface area contributed by atoms with Crippen molar-refractivity contribution < 1.29 is 29.0 Å². The predicted octanol–water partition coefficient (Wildman–Crippen LogP) is 2.48. The third-order valence-corrected chi connectivity index (χ3v) is 6.33. The molecule has 5 atom stereocenters. The van der Waals surface area contributed by atoms with Crippen LogP contribution in [0, 0.1) is 11.8 Å². The highest BCUT2D eigenvalue weighted by Crippen LogP contribution is 2.40. The summed E-state index contributed by atoms with van der Waals surface area (Å²) in [4.78, 5) is 23.1. The molecule has 0 bridgehead atoms. The van der Waals surface area contributed by atoms with Gasteiger partial charge in [-0.15, -0.1) is 0 Å². The number of nitrogens with zero attached hydrogens (tertiary/aromatic N) is 1. The van der Waals surface area contributed by atoms with Crippen molar-refractivity contribution >= 4 is 11.9 Å². The van der Waals surface area contributed by atoms with Gasteiger partial charge in [-0.25, -0.2) is 0 Å². The van der Waals surface area contributed by atoms with Crippen molar-refractivity contribution in [1.29, 1.82) is 0 Å². The summed E-state index contributed by atoms with van der Waals surface area (Å²) in [6, 6.07) is -0.311. The monoisotopic (exact) mass is 414 g/mol. The van der Waals surface area contributed by atoms with Crippen molar-refractivity contribution in [1.82, 2.24) is 10.4 Å². The maximum absolute atomic E-state index is 11.8. The van der Waals surface area contributed by atoms with Crippen LogP contribution in [0.1, 0.15) is 68.2 Å². The van der Waals surface area contributed by atoms with Crippen LogP contribution in [0.15, 0.2) is 0 Å². The number of carbonyl (C=O) groups excluding carboxylic acids is 2. The molecule has 8 nitrogen and oxygen atoms in total. The maximum Gasteiger partial charge on any atom is 0.302 e. The van der Waals surface area contributed by atoms with E-state index in [1.54, 1.807) is 0 Å². The van der Waals surface area contributed by atoms with Crippen LogP contribution in [0.4, 0.5) is 0 Å². The molecule has 0 aromatic rings. The van der Waals surface area contributed by atoms with Gasteiger partial charge < -0.3 is 24.7 Å². The second-order valence-electron chi connectivity index (χ2n) is 9.89. The van der Waals surface area contributed by atoms with Gasteiger partial charge in [-0.2, -0.15) is 5.06 Å². The highest BCUT2D eigenvalue weighted by Gasteiger charge is 2.49. The second kappa shape index (κ2) is 8.88. The number of nitrogens with one attached hydrogen (secondary N) is 1. The van der Waals surface area contributed by atoms with E-state index in [-0.39, 0.29) is 48.6 Å². The summed E-state index contributed by atoms with van der Waals surface area (Å²) in [5.74, 6) is -0.361. The summed E-state index contributed by atoms with van der Waals surface area (Å²) in [6.45, 7) is 15.0. The number of carbonyl (C=O) groups is 2. The third-order valence-electron chi connectivity index (χ3n) is 6.33. The minimum absolute atomic E-state index is 0.0668. The van der Waals surface area contributed by atoms with Crippen molar-refractivity contribution in [2.75, 3.05) is 6.61 Å². The number of hydroxylamine groups is 2. The summed E-state index contributed by atoms with van der Waals surface area (Å²) < 4.78 is 17.8. The molecule has 2 aliphatic heterocycles. The molecule has 5 unspecified atom stereocenters. The molecule has 2 saturated heterocycles. The van der Waals surface area contributed by atoms with E-state index in [2.05, 4.69) is 12.2 Å². The zero-order valence-corrected chi connectivity index (χ0v) is 19.0. The third kappa shape index (κ3) is 5.69. The van der Waals surface area contributed by atoms with Crippen molar-refractivity contribution in [2.24, 2.45) is 11.8 Å². The number of rotatable bonds is 5. The van der Waals surface area contributed by atoms with Gasteiger partial charge in [0.15, 0.2) is 6.29 Å². The van der Waals surface area contributed by atoms with E-state index in [0.717, 1.165) is 0 Å². The fourth-order valence-electron chi connectivity index (χ4n) is 4.70. The summed E-state index contributed by atoms with van der Waals surface area (Å²) in [7, 11) is 0. The van der Waals surface area contributed by atoms with Crippen molar-refractivity contribution in [3.8, 4) is 0 Å². The van der Waals surface area contributed by atoms with Gasteiger partial charge in [-0.3, -0.25) is 9.59 Å². The number of hydrogen-bond acceptors (Lipinski definition) is 7. The van der Waals surface area contributed by atoms with Gasteiger partial charge in [0.2, 0.25) is 5.91 Å². The van der Waals surface area contributed by atoms with E-state index in [1.165, 1.54) is 18.9 Å². The minimum atomic E-state index is -0.660. The highest BCUT2D eigenvalue weighted by atomic mass is 16.7. The zero-order valence-electron chi connectivity index (χ0n) is 19.0. The molecule has 168 valence electrons. The predicted molar refractivity (Wildman–Crippen MR) is 107 cm³/mol. The summed E-state index contributed by atoms with van der Waals surface area (Å²) in [6.07, 6.45) is 0.117. The highest BCUT2D eigenvalue weighted by molar-refractivity contribution is 5.73. The van der Waals surface area contributed by atoms with Crippen LogP contribution in [0.25, 0.3) is 0 Å². The largest absolute Gasteiger partial charge is 0.463 e. The zero-order chi connectivity index (χ0) is 22.1. The van der Waals surface area contributed by atoms with Crippen LogP contribution in [0.2, 0.25) is 0 Å². The van der Waals surface area contributed by atoms with Gasteiger partial charge in [0.05, 0.1) is 18.2 Å². The fourth-order valence-corrected chi connectivity index (χ4v) is 4.70. The number of hydrogen-bond donors (Lipinski definition) is 2. The molecule has 1 amide bonds. The Kier molecular flexibility index (Phi) is 7.36. The Balaban J connectivity index is 2.20. The second-order valence-corrected chi connectivity index (χ2v) is 9.89. The lowest BCUT2D eigenvalue weighted by Crippen LogP contribution is -2.63. The van der Waals surface area contributed by atoms with Crippen LogP contribution in [0.3, 0.4) is 0 Å². The van der Waals surface area contributed by atoms with Crippen LogP contribution < -0.4 is 5.32 Å². The Morgan fingerprint density at radius 3 is 2.14 bits per heavy atom. The van der Waals surface area contributed by atoms with Crippen molar-refractivity contribution in [3.05, 3.63) is 0 Å². The molecule has 2 fully saturated rings. The number of esters is 1. The van der Waals surface area contributed by atoms with Crippen LogP contribution in [0.5, 0.6) is 0 Å². The van der Waals surface area contributed by atoms with Crippen molar-refractivity contribution in [2.45, 2.75) is 104 Å². The standard InChI is InChI=1S/C21H38N2O6/c1-12-13(2)18(22-14(3)24)19(29-17(12)11-27-15(4)25)28-16-9-20(5,6)23(26)21(7,8)10-16/h12-13,16-19,26H,9-11H2,1-8H3,(H,22,24). The molecule has 29 heavy (non-hydrogen) atoms. The van der Waals surface area contributed by atoms with Gasteiger partial charge in [0, 0.05) is 24.9 Å². The van der Waals surface area contributed by atoms with Crippen LogP contribution in [-0.4, -0.2) is 64.4 Å². The smallest absolute Gasteiger partial charge is 0.302 e. The number of ether oxygens (including phenoxy) is 3.